The predicted octanol–water partition coefficient (Wildman–Crippen LogP) is 11.1. The number of fused-ring (bicyclic) bond motifs is 5. The molecule has 5 nitrogen and oxygen atoms in total. The zero-order chi connectivity index (χ0) is 33.7. The molecule has 10 rings (SSSR count). The SMILES string of the molecule is c1ccc(C2=NC(c3ccccc3)NC(c3ccc(-c4ccc(-c5nccc6oc7ccccc7c56)c5ccccc45)c4ccccc34)=N2)cc1. The molecule has 1 aliphatic rings. The summed E-state index contributed by atoms with van der Waals surface area (Å²) < 4.78 is 6.23. The quantitative estimate of drug-likeness (QED) is 0.201. The largest absolute Gasteiger partial charge is 0.456 e. The van der Waals surface area contributed by atoms with E-state index in [4.69, 9.17) is 19.4 Å². The van der Waals surface area contributed by atoms with Crippen molar-refractivity contribution in [3.63, 3.8) is 0 Å². The molecule has 0 amide bonds. The maximum absolute atomic E-state index is 6.23. The highest BCUT2D eigenvalue weighted by atomic mass is 16.3. The lowest BCUT2D eigenvalue weighted by molar-refractivity contribution is 0.668. The van der Waals surface area contributed by atoms with Gasteiger partial charge in [0.2, 0.25) is 0 Å². The Morgan fingerprint density at radius 1 is 0.471 bits per heavy atom. The lowest BCUT2D eigenvalue weighted by atomic mass is 9.89. The van der Waals surface area contributed by atoms with E-state index in [1.165, 1.54) is 0 Å². The summed E-state index contributed by atoms with van der Waals surface area (Å²) in [6.07, 6.45) is 1.57. The van der Waals surface area contributed by atoms with Gasteiger partial charge in [-0.2, -0.15) is 0 Å². The second kappa shape index (κ2) is 11.9. The number of benzene rings is 7. The maximum atomic E-state index is 6.23. The van der Waals surface area contributed by atoms with Crippen molar-refractivity contribution in [2.24, 2.45) is 9.98 Å². The molecule has 0 fully saturated rings. The van der Waals surface area contributed by atoms with Crippen molar-refractivity contribution >= 4 is 55.2 Å². The van der Waals surface area contributed by atoms with Gasteiger partial charge in [0.15, 0.2) is 5.84 Å². The minimum absolute atomic E-state index is 0.269. The Labute approximate surface area is 294 Å². The fourth-order valence-electron chi connectivity index (χ4n) is 7.46. The molecular formula is C46H30N4O. The summed E-state index contributed by atoms with van der Waals surface area (Å²) in [5.41, 5.74) is 9.12. The molecule has 5 heteroatoms. The van der Waals surface area contributed by atoms with Gasteiger partial charge in [-0.1, -0.05) is 152 Å². The third kappa shape index (κ3) is 4.90. The molecule has 0 bridgehead atoms. The minimum atomic E-state index is -0.269. The second-order valence-corrected chi connectivity index (χ2v) is 12.8. The molecule has 0 spiro atoms. The molecule has 1 unspecified atom stereocenters. The van der Waals surface area contributed by atoms with E-state index in [0.717, 1.165) is 88.4 Å². The third-order valence-corrected chi connectivity index (χ3v) is 9.83. The fraction of sp³-hybridized carbons (Fsp3) is 0.0217. The van der Waals surface area contributed by atoms with Crippen LogP contribution in [-0.2, 0) is 0 Å². The van der Waals surface area contributed by atoms with Crippen LogP contribution in [0.4, 0.5) is 0 Å². The van der Waals surface area contributed by atoms with Gasteiger partial charge < -0.3 is 9.73 Å². The average Bonchev–Trinajstić information content (AvgIpc) is 3.60. The van der Waals surface area contributed by atoms with E-state index in [1.54, 1.807) is 0 Å². The Hall–Kier alpha value is -6.85. The van der Waals surface area contributed by atoms with Crippen LogP contribution in [0.5, 0.6) is 0 Å². The Morgan fingerprint density at radius 3 is 1.73 bits per heavy atom. The number of hydrogen-bond acceptors (Lipinski definition) is 5. The van der Waals surface area contributed by atoms with Crippen LogP contribution in [0.2, 0.25) is 0 Å². The van der Waals surface area contributed by atoms with Crippen LogP contribution >= 0.6 is 0 Å². The van der Waals surface area contributed by atoms with E-state index in [0.29, 0.717) is 5.84 Å². The zero-order valence-corrected chi connectivity index (χ0v) is 27.5. The normalized spacial score (nSPS) is 14.5. The maximum Gasteiger partial charge on any atom is 0.159 e. The van der Waals surface area contributed by atoms with Crippen molar-refractivity contribution in [3.05, 3.63) is 187 Å². The summed E-state index contributed by atoms with van der Waals surface area (Å²) in [6.45, 7) is 0. The molecule has 2 aromatic heterocycles. The molecule has 51 heavy (non-hydrogen) atoms. The Balaban J connectivity index is 1.13. The highest BCUT2D eigenvalue weighted by Crippen LogP contribution is 2.42. The lowest BCUT2D eigenvalue weighted by Crippen LogP contribution is -2.33. The fourth-order valence-corrected chi connectivity index (χ4v) is 7.46. The van der Waals surface area contributed by atoms with Crippen LogP contribution in [-0.4, -0.2) is 16.7 Å². The van der Waals surface area contributed by atoms with Gasteiger partial charge in [0.1, 0.15) is 23.2 Å². The van der Waals surface area contributed by atoms with Crippen LogP contribution in [0.15, 0.2) is 184 Å². The number of furan rings is 1. The van der Waals surface area contributed by atoms with Crippen molar-refractivity contribution in [1.29, 1.82) is 0 Å². The van der Waals surface area contributed by atoms with E-state index in [9.17, 15) is 0 Å². The van der Waals surface area contributed by atoms with Gasteiger partial charge >= 0.3 is 0 Å². The van der Waals surface area contributed by atoms with Crippen LogP contribution in [0.1, 0.15) is 22.9 Å². The average molecular weight is 655 g/mol. The molecule has 3 heterocycles. The number of hydrogen-bond donors (Lipinski definition) is 1. The lowest BCUT2D eigenvalue weighted by Gasteiger charge is -2.24. The van der Waals surface area contributed by atoms with E-state index in [2.05, 4.69) is 115 Å². The second-order valence-electron chi connectivity index (χ2n) is 12.8. The molecule has 0 saturated carbocycles. The first kappa shape index (κ1) is 29.1. The summed E-state index contributed by atoms with van der Waals surface area (Å²) in [5.74, 6) is 1.51. The molecular weight excluding hydrogens is 625 g/mol. The zero-order valence-electron chi connectivity index (χ0n) is 27.5. The van der Waals surface area contributed by atoms with Crippen molar-refractivity contribution in [2.45, 2.75) is 6.17 Å². The molecule has 0 aliphatic carbocycles. The topological polar surface area (TPSA) is 62.8 Å². The summed E-state index contributed by atoms with van der Waals surface area (Å²) in [6, 6.07) is 56.8. The van der Waals surface area contributed by atoms with Crippen LogP contribution in [0.3, 0.4) is 0 Å². The van der Waals surface area contributed by atoms with Gasteiger partial charge in [0, 0.05) is 28.3 Å². The van der Waals surface area contributed by atoms with Gasteiger partial charge in [-0.15, -0.1) is 0 Å². The number of aromatic nitrogens is 1. The minimum Gasteiger partial charge on any atom is -0.456 e. The number of aliphatic imine (C=N–C) groups is 2. The molecule has 240 valence electrons. The summed E-state index contributed by atoms with van der Waals surface area (Å²) >= 11 is 0. The van der Waals surface area contributed by atoms with Gasteiger partial charge in [0.25, 0.3) is 0 Å². The molecule has 9 aromatic rings. The van der Waals surface area contributed by atoms with Crippen LogP contribution in [0, 0.1) is 0 Å². The number of nitrogens with one attached hydrogen (secondary N) is 1. The van der Waals surface area contributed by atoms with Crippen LogP contribution in [0.25, 0.3) is 65.9 Å². The van der Waals surface area contributed by atoms with Crippen molar-refractivity contribution in [1.82, 2.24) is 10.3 Å². The van der Waals surface area contributed by atoms with Crippen LogP contribution < -0.4 is 5.32 Å². The van der Waals surface area contributed by atoms with Gasteiger partial charge in [-0.3, -0.25) is 4.98 Å². The van der Waals surface area contributed by atoms with Crippen molar-refractivity contribution < 1.29 is 4.42 Å². The number of rotatable bonds is 5. The standard InChI is InChI=1S/C46H30N4O/c1-3-13-29(14-4-1)44-48-45(30-15-5-2-6-16-30)50-46(49-44)38-26-24-36(32-18-8-10-20-34(32)38)35-23-25-37(33-19-9-7-17-31(33)35)43-42-39-21-11-12-22-40(39)51-41(42)27-28-47-43/h1-28,44H,(H,48,49,50). The highest BCUT2D eigenvalue weighted by Gasteiger charge is 2.23. The first-order valence-electron chi connectivity index (χ1n) is 17.1. The Kier molecular flexibility index (Phi) is 6.81. The van der Waals surface area contributed by atoms with E-state index >= 15 is 0 Å². The smallest absolute Gasteiger partial charge is 0.159 e. The van der Waals surface area contributed by atoms with Crippen molar-refractivity contribution in [3.8, 4) is 22.4 Å². The van der Waals surface area contributed by atoms with Crippen molar-refractivity contribution in [2.75, 3.05) is 0 Å². The highest BCUT2D eigenvalue weighted by molar-refractivity contribution is 6.20. The third-order valence-electron chi connectivity index (χ3n) is 9.83. The van der Waals surface area contributed by atoms with E-state index in [1.807, 2.05) is 60.8 Å². The summed E-state index contributed by atoms with van der Waals surface area (Å²) in [4.78, 5) is 15.1. The molecule has 7 aromatic carbocycles. The molecule has 1 atom stereocenters. The molecule has 1 N–H and O–H groups in total. The van der Waals surface area contributed by atoms with E-state index in [-0.39, 0.29) is 6.17 Å². The number of amidine groups is 2. The summed E-state index contributed by atoms with van der Waals surface area (Å²) in [5, 5.41) is 10.3. The molecule has 0 radical (unpaired) electrons. The van der Waals surface area contributed by atoms with Gasteiger partial charge in [-0.05, 0) is 50.4 Å². The van der Waals surface area contributed by atoms with E-state index < -0.39 is 0 Å². The van der Waals surface area contributed by atoms with Gasteiger partial charge in [0.05, 0.1) is 11.1 Å². The molecule has 1 aliphatic heterocycles. The predicted molar refractivity (Wildman–Crippen MR) is 209 cm³/mol. The monoisotopic (exact) mass is 654 g/mol. The first-order valence-corrected chi connectivity index (χ1v) is 17.1. The van der Waals surface area contributed by atoms with Gasteiger partial charge in [-0.25, -0.2) is 9.98 Å². The molecule has 0 saturated heterocycles. The summed E-state index contributed by atoms with van der Waals surface area (Å²) in [7, 11) is 0. The first-order chi connectivity index (χ1) is 25.3. The Bertz CT molecular complexity index is 2840. The number of para-hydroxylation sites is 1. The Morgan fingerprint density at radius 2 is 1.02 bits per heavy atom. The number of nitrogens with zero attached hydrogens (tertiary/aromatic N) is 3. The number of pyridine rings is 1.